The largest absolute Gasteiger partial charge is 0.294 e. The summed E-state index contributed by atoms with van der Waals surface area (Å²) in [5, 5.41) is 0. The molecule has 1 aromatic rings. The smallest absolute Gasteiger partial charge is 0.208 e. The molecular formula is C15H20ClNO3S. The first-order valence-corrected chi connectivity index (χ1v) is 9.50. The van der Waals surface area contributed by atoms with Gasteiger partial charge >= 0.3 is 0 Å². The van der Waals surface area contributed by atoms with Gasteiger partial charge in [-0.05, 0) is 42.9 Å². The van der Waals surface area contributed by atoms with Gasteiger partial charge in [0.25, 0.3) is 0 Å². The minimum atomic E-state index is -3.20. The van der Waals surface area contributed by atoms with Crippen LogP contribution in [0.1, 0.15) is 40.7 Å². The first kappa shape index (κ1) is 16.5. The molecule has 0 radical (unpaired) electrons. The first-order chi connectivity index (χ1) is 9.89. The van der Waals surface area contributed by atoms with Gasteiger partial charge < -0.3 is 0 Å². The van der Waals surface area contributed by atoms with Crippen LogP contribution in [0.5, 0.6) is 0 Å². The molecule has 0 aromatic heterocycles. The van der Waals surface area contributed by atoms with Crippen molar-refractivity contribution < 1.29 is 13.2 Å². The lowest BCUT2D eigenvalue weighted by molar-refractivity contribution is 0.0980. The molecule has 1 unspecified atom stereocenters. The number of halogens is 1. The van der Waals surface area contributed by atoms with Crippen molar-refractivity contribution in [1.29, 1.82) is 0 Å². The van der Waals surface area contributed by atoms with Gasteiger partial charge in [-0.15, -0.1) is 11.6 Å². The van der Waals surface area contributed by atoms with Crippen LogP contribution >= 0.6 is 11.6 Å². The second-order valence-corrected chi connectivity index (χ2v) is 7.71. The van der Waals surface area contributed by atoms with Crippen LogP contribution in [0.4, 0.5) is 0 Å². The number of carbonyl (C=O) groups is 1. The number of ketones is 1. The lowest BCUT2D eigenvalue weighted by Crippen LogP contribution is -2.34. The summed E-state index contributed by atoms with van der Waals surface area (Å²) in [6.45, 7) is 0. The Balaban J connectivity index is 2.02. The normalized spacial score (nSPS) is 17.7. The van der Waals surface area contributed by atoms with Crippen LogP contribution < -0.4 is 4.72 Å². The number of nitrogens with one attached hydrogen (secondary N) is 1. The average molecular weight is 330 g/mol. The predicted molar refractivity (Wildman–Crippen MR) is 84.5 cm³/mol. The van der Waals surface area contributed by atoms with Crippen LogP contribution in [0, 0.1) is 0 Å². The Morgan fingerprint density at radius 2 is 2.00 bits per heavy atom. The SMILES string of the molecule is CS(=O)(=O)NC1Cc2ccc(C(=O)CCCCCl)cc2C1. The standard InChI is InChI=1S/C15H20ClNO3S/c1-21(19,20)17-14-9-11-5-6-12(8-13(11)10-14)15(18)4-2-3-7-16/h5-6,8,14,17H,2-4,7,9-10H2,1H3. The third-order valence-electron chi connectivity index (χ3n) is 3.63. The monoisotopic (exact) mass is 329 g/mol. The summed E-state index contributed by atoms with van der Waals surface area (Å²) in [5.74, 6) is 0.707. The molecule has 1 aliphatic carbocycles. The minimum Gasteiger partial charge on any atom is -0.294 e. The molecule has 0 heterocycles. The molecule has 2 rings (SSSR count). The second kappa shape index (κ2) is 6.90. The molecule has 6 heteroatoms. The number of benzene rings is 1. The predicted octanol–water partition coefficient (Wildman–Crippen LogP) is 2.29. The zero-order valence-corrected chi connectivity index (χ0v) is 13.6. The van der Waals surface area contributed by atoms with E-state index < -0.39 is 10.0 Å². The van der Waals surface area contributed by atoms with Crippen LogP contribution in [-0.4, -0.2) is 32.4 Å². The van der Waals surface area contributed by atoms with Crippen LogP contribution in [0.25, 0.3) is 0 Å². The van der Waals surface area contributed by atoms with Gasteiger partial charge in [-0.25, -0.2) is 13.1 Å². The number of alkyl halides is 1. The van der Waals surface area contributed by atoms with Crippen molar-refractivity contribution in [2.24, 2.45) is 0 Å². The van der Waals surface area contributed by atoms with Crippen molar-refractivity contribution >= 4 is 27.4 Å². The molecule has 116 valence electrons. The molecule has 1 aliphatic rings. The molecule has 1 N–H and O–H groups in total. The number of rotatable bonds is 7. The molecule has 0 aliphatic heterocycles. The highest BCUT2D eigenvalue weighted by Crippen LogP contribution is 2.24. The maximum Gasteiger partial charge on any atom is 0.208 e. The Morgan fingerprint density at radius 1 is 1.29 bits per heavy atom. The molecular weight excluding hydrogens is 310 g/mol. The Hall–Kier alpha value is -0.910. The zero-order valence-electron chi connectivity index (χ0n) is 12.1. The van der Waals surface area contributed by atoms with Gasteiger partial charge in [0, 0.05) is 23.9 Å². The lowest BCUT2D eigenvalue weighted by Gasteiger charge is -2.08. The highest BCUT2D eigenvalue weighted by molar-refractivity contribution is 7.88. The Morgan fingerprint density at radius 3 is 2.67 bits per heavy atom. The fraction of sp³-hybridized carbons (Fsp3) is 0.533. The summed E-state index contributed by atoms with van der Waals surface area (Å²) >= 11 is 5.61. The van der Waals surface area contributed by atoms with Crippen molar-refractivity contribution in [2.45, 2.75) is 38.1 Å². The summed E-state index contributed by atoms with van der Waals surface area (Å²) < 4.78 is 25.2. The number of hydrogen-bond acceptors (Lipinski definition) is 3. The van der Waals surface area contributed by atoms with Gasteiger partial charge in [-0.3, -0.25) is 4.79 Å². The highest BCUT2D eigenvalue weighted by Gasteiger charge is 2.24. The topological polar surface area (TPSA) is 63.2 Å². The van der Waals surface area contributed by atoms with Crippen molar-refractivity contribution in [3.8, 4) is 0 Å². The number of carbonyl (C=O) groups excluding carboxylic acids is 1. The fourth-order valence-corrected chi connectivity index (χ4v) is 3.66. The summed E-state index contributed by atoms with van der Waals surface area (Å²) in [5.41, 5.74) is 2.90. The lowest BCUT2D eigenvalue weighted by atomic mass is 10.0. The van der Waals surface area contributed by atoms with Gasteiger partial charge in [0.05, 0.1) is 6.26 Å². The number of fused-ring (bicyclic) bond motifs is 1. The molecule has 21 heavy (non-hydrogen) atoms. The summed E-state index contributed by atoms with van der Waals surface area (Å²) in [6.07, 6.45) is 4.66. The molecule has 0 amide bonds. The van der Waals surface area contributed by atoms with E-state index in [0.29, 0.717) is 30.7 Å². The Bertz CT molecular complexity index is 628. The number of unbranched alkanes of at least 4 members (excludes halogenated alkanes) is 1. The third-order valence-corrected chi connectivity index (χ3v) is 4.66. The molecule has 4 nitrogen and oxygen atoms in total. The van der Waals surface area contributed by atoms with E-state index in [1.807, 2.05) is 18.2 Å². The summed E-state index contributed by atoms with van der Waals surface area (Å²) in [7, 11) is -3.20. The minimum absolute atomic E-state index is 0.100. The molecule has 0 spiro atoms. The van der Waals surface area contributed by atoms with Crippen LogP contribution in [-0.2, 0) is 22.9 Å². The van der Waals surface area contributed by atoms with E-state index in [-0.39, 0.29) is 11.8 Å². The zero-order chi connectivity index (χ0) is 15.5. The van der Waals surface area contributed by atoms with Gasteiger partial charge in [0.1, 0.15) is 0 Å². The van der Waals surface area contributed by atoms with E-state index in [1.54, 1.807) is 0 Å². The van der Waals surface area contributed by atoms with Gasteiger partial charge in [-0.2, -0.15) is 0 Å². The number of Topliss-reactive ketones (excluding diaryl/α,β-unsaturated/α-hetero) is 1. The molecule has 1 atom stereocenters. The van der Waals surface area contributed by atoms with Crippen LogP contribution in [0.15, 0.2) is 18.2 Å². The van der Waals surface area contributed by atoms with Gasteiger partial charge in [0.2, 0.25) is 10.0 Å². The van der Waals surface area contributed by atoms with Crippen LogP contribution in [0.2, 0.25) is 0 Å². The van der Waals surface area contributed by atoms with Crippen molar-refractivity contribution in [3.63, 3.8) is 0 Å². The van der Waals surface area contributed by atoms with E-state index >= 15 is 0 Å². The second-order valence-electron chi connectivity index (χ2n) is 5.55. The highest BCUT2D eigenvalue weighted by atomic mass is 35.5. The molecule has 1 aromatic carbocycles. The van der Waals surface area contributed by atoms with E-state index in [0.717, 1.165) is 24.0 Å². The summed E-state index contributed by atoms with van der Waals surface area (Å²) in [4.78, 5) is 12.1. The quantitative estimate of drug-likeness (QED) is 0.474. The van der Waals surface area contributed by atoms with E-state index in [4.69, 9.17) is 11.6 Å². The van der Waals surface area contributed by atoms with E-state index in [2.05, 4.69) is 4.72 Å². The molecule has 0 fully saturated rings. The Kier molecular flexibility index (Phi) is 5.41. The third kappa shape index (κ3) is 4.80. The maximum absolute atomic E-state index is 12.1. The molecule has 0 saturated heterocycles. The van der Waals surface area contributed by atoms with E-state index in [1.165, 1.54) is 6.26 Å². The first-order valence-electron chi connectivity index (χ1n) is 7.07. The van der Waals surface area contributed by atoms with E-state index in [9.17, 15) is 13.2 Å². The molecule has 0 saturated carbocycles. The van der Waals surface area contributed by atoms with Crippen molar-refractivity contribution in [2.75, 3.05) is 12.1 Å². The van der Waals surface area contributed by atoms with Crippen molar-refractivity contribution in [1.82, 2.24) is 4.72 Å². The van der Waals surface area contributed by atoms with Crippen LogP contribution in [0.3, 0.4) is 0 Å². The van der Waals surface area contributed by atoms with Crippen molar-refractivity contribution in [3.05, 3.63) is 34.9 Å². The maximum atomic E-state index is 12.1. The molecule has 0 bridgehead atoms. The number of sulfonamides is 1. The fourth-order valence-electron chi connectivity index (χ4n) is 2.70. The average Bonchev–Trinajstić information content (AvgIpc) is 2.77. The number of hydrogen-bond donors (Lipinski definition) is 1. The van der Waals surface area contributed by atoms with Gasteiger partial charge in [0.15, 0.2) is 5.78 Å². The van der Waals surface area contributed by atoms with Gasteiger partial charge in [-0.1, -0.05) is 12.1 Å². The Labute approximate surface area is 130 Å². The summed E-state index contributed by atoms with van der Waals surface area (Å²) in [6, 6.07) is 5.58.